The minimum Gasteiger partial charge on any atom is -0.286 e. The first kappa shape index (κ1) is 16.7. The summed E-state index contributed by atoms with van der Waals surface area (Å²) in [5.74, 6) is 0.942. The molecule has 0 aromatic carbocycles. The van der Waals surface area contributed by atoms with E-state index in [9.17, 15) is 10.1 Å². The highest BCUT2D eigenvalue weighted by Gasteiger charge is 2.23. The van der Waals surface area contributed by atoms with Gasteiger partial charge in [0.2, 0.25) is 0 Å². The van der Waals surface area contributed by atoms with Gasteiger partial charge < -0.3 is 0 Å². The van der Waals surface area contributed by atoms with Crippen molar-refractivity contribution < 1.29 is 0 Å². The zero-order valence-corrected chi connectivity index (χ0v) is 15.2. The van der Waals surface area contributed by atoms with Crippen LogP contribution in [0.1, 0.15) is 44.1 Å². The lowest BCUT2D eigenvalue weighted by atomic mass is 9.90. The van der Waals surface area contributed by atoms with Gasteiger partial charge in [0.25, 0.3) is 5.56 Å². The van der Waals surface area contributed by atoms with Gasteiger partial charge in [0.05, 0.1) is 5.69 Å². The third kappa shape index (κ3) is 2.84. The van der Waals surface area contributed by atoms with Gasteiger partial charge in [-0.3, -0.25) is 14.3 Å². The Labute approximate surface area is 145 Å². The highest BCUT2D eigenvalue weighted by molar-refractivity contribution is 7.99. The topological polar surface area (TPSA) is 71.6 Å². The molecule has 124 valence electrons. The summed E-state index contributed by atoms with van der Waals surface area (Å²) in [6.45, 7) is 8.85. The average Bonchev–Trinajstić information content (AvgIpc) is 2.54. The molecule has 0 atom stereocenters. The number of aromatic nitrogens is 3. The molecule has 2 aromatic heterocycles. The number of aryl methyl sites for hydroxylation is 1. The Bertz CT molecular complexity index is 903. The van der Waals surface area contributed by atoms with Crippen LogP contribution in [-0.4, -0.2) is 20.3 Å². The molecule has 0 aliphatic carbocycles. The van der Waals surface area contributed by atoms with Crippen molar-refractivity contribution in [1.82, 2.24) is 14.5 Å². The monoisotopic (exact) mass is 340 g/mol. The Kier molecular flexibility index (Phi) is 4.22. The van der Waals surface area contributed by atoms with Gasteiger partial charge in [0.15, 0.2) is 5.16 Å². The van der Waals surface area contributed by atoms with Crippen LogP contribution in [0, 0.1) is 18.3 Å². The third-order valence-electron chi connectivity index (χ3n) is 4.11. The number of hydrogen-bond acceptors (Lipinski definition) is 5. The summed E-state index contributed by atoms with van der Waals surface area (Å²) in [5.41, 5.74) is 2.78. The Hall–Kier alpha value is -2.13. The average molecular weight is 340 g/mol. The molecule has 24 heavy (non-hydrogen) atoms. The summed E-state index contributed by atoms with van der Waals surface area (Å²) < 4.78 is 1.61. The molecular weight excluding hydrogens is 320 g/mol. The molecule has 0 spiro atoms. The Morgan fingerprint density at radius 3 is 2.67 bits per heavy atom. The molecule has 2 aromatic rings. The number of nitrogens with zero attached hydrogens (tertiary/aromatic N) is 4. The summed E-state index contributed by atoms with van der Waals surface area (Å²) in [6.07, 6.45) is 0.921. The fourth-order valence-electron chi connectivity index (χ4n) is 2.75. The lowest BCUT2D eigenvalue weighted by Crippen LogP contribution is -2.29. The Balaban J connectivity index is 2.22. The molecule has 0 N–H and O–H groups in total. The first-order valence-corrected chi connectivity index (χ1v) is 8.97. The second-order valence-electron chi connectivity index (χ2n) is 6.97. The zero-order chi connectivity index (χ0) is 17.5. The Morgan fingerprint density at radius 2 is 2.04 bits per heavy atom. The van der Waals surface area contributed by atoms with Gasteiger partial charge in [-0.2, -0.15) is 5.26 Å². The van der Waals surface area contributed by atoms with Gasteiger partial charge in [-0.25, -0.2) is 4.98 Å². The molecule has 0 amide bonds. The van der Waals surface area contributed by atoms with Crippen LogP contribution in [0.3, 0.4) is 0 Å². The number of rotatable bonds is 1. The van der Waals surface area contributed by atoms with Gasteiger partial charge in [0.1, 0.15) is 11.6 Å². The third-order valence-corrected chi connectivity index (χ3v) is 5.18. The summed E-state index contributed by atoms with van der Waals surface area (Å²) in [7, 11) is 0. The molecule has 3 rings (SSSR count). The van der Waals surface area contributed by atoms with Crippen LogP contribution in [0.2, 0.25) is 0 Å². The maximum Gasteiger partial charge on any atom is 0.272 e. The molecular formula is C18H20N4OS. The molecule has 0 radical (unpaired) electrons. The zero-order valence-electron chi connectivity index (χ0n) is 14.4. The minimum absolute atomic E-state index is 0.0555. The van der Waals surface area contributed by atoms with Crippen LogP contribution in [0.25, 0.3) is 11.3 Å². The SMILES string of the molecule is Cc1nc(C(C)(C)C)ccc1-c1nc2n(c(=O)c1C#N)CCCS2. The number of fused-ring (bicyclic) bond motifs is 1. The first-order valence-electron chi connectivity index (χ1n) is 7.99. The summed E-state index contributed by atoms with van der Waals surface area (Å²) in [5, 5.41) is 10.2. The van der Waals surface area contributed by atoms with E-state index in [2.05, 4.69) is 36.8 Å². The standard InChI is InChI=1S/C18H20N4OS/c1-11-12(6-7-14(20-11)18(2,3)4)15-13(10-19)16(23)22-8-5-9-24-17(22)21-15/h6-7H,5,8-9H2,1-4H3. The lowest BCUT2D eigenvalue weighted by Gasteiger charge is -2.21. The minimum atomic E-state index is -0.246. The molecule has 0 unspecified atom stereocenters. The fourth-order valence-corrected chi connectivity index (χ4v) is 3.70. The van der Waals surface area contributed by atoms with Crippen LogP contribution in [0.4, 0.5) is 0 Å². The molecule has 0 fully saturated rings. The second kappa shape index (κ2) is 6.06. The van der Waals surface area contributed by atoms with Crippen molar-refractivity contribution >= 4 is 11.8 Å². The van der Waals surface area contributed by atoms with Gasteiger partial charge in [-0.05, 0) is 25.5 Å². The van der Waals surface area contributed by atoms with Crippen LogP contribution in [-0.2, 0) is 12.0 Å². The van der Waals surface area contributed by atoms with Gasteiger partial charge in [0, 0.05) is 34.7 Å². The highest BCUT2D eigenvalue weighted by atomic mass is 32.2. The summed E-state index contributed by atoms with van der Waals surface area (Å²) >= 11 is 1.57. The molecule has 0 bridgehead atoms. The van der Waals surface area contributed by atoms with E-state index < -0.39 is 0 Å². The van der Waals surface area contributed by atoms with Gasteiger partial charge in [-0.15, -0.1) is 0 Å². The molecule has 3 heterocycles. The van der Waals surface area contributed by atoms with E-state index in [-0.39, 0.29) is 16.5 Å². The van der Waals surface area contributed by atoms with Crippen LogP contribution in [0.15, 0.2) is 22.1 Å². The number of nitriles is 1. The van der Waals surface area contributed by atoms with Crippen molar-refractivity contribution in [3.8, 4) is 17.3 Å². The maximum absolute atomic E-state index is 12.6. The summed E-state index contributed by atoms with van der Waals surface area (Å²) in [4.78, 5) is 21.9. The summed E-state index contributed by atoms with van der Waals surface area (Å²) in [6, 6.07) is 5.93. The smallest absolute Gasteiger partial charge is 0.272 e. The van der Waals surface area contributed by atoms with E-state index in [1.54, 1.807) is 16.3 Å². The van der Waals surface area contributed by atoms with Crippen molar-refractivity contribution in [3.63, 3.8) is 0 Å². The van der Waals surface area contributed by atoms with E-state index in [4.69, 9.17) is 0 Å². The molecule has 5 nitrogen and oxygen atoms in total. The van der Waals surface area contributed by atoms with E-state index in [0.29, 0.717) is 17.4 Å². The van der Waals surface area contributed by atoms with Crippen LogP contribution < -0.4 is 5.56 Å². The molecule has 0 saturated carbocycles. The normalized spacial score (nSPS) is 14.1. The van der Waals surface area contributed by atoms with E-state index >= 15 is 0 Å². The van der Waals surface area contributed by atoms with Crippen molar-refractivity contribution in [2.45, 2.75) is 51.2 Å². The lowest BCUT2D eigenvalue weighted by molar-refractivity contribution is 0.561. The van der Waals surface area contributed by atoms with Gasteiger partial charge in [-0.1, -0.05) is 32.5 Å². The largest absolute Gasteiger partial charge is 0.286 e. The molecule has 1 aliphatic rings. The number of hydrogen-bond donors (Lipinski definition) is 0. The van der Waals surface area contributed by atoms with Crippen molar-refractivity contribution in [2.75, 3.05) is 5.75 Å². The van der Waals surface area contributed by atoms with E-state index in [1.807, 2.05) is 19.1 Å². The van der Waals surface area contributed by atoms with Crippen molar-refractivity contribution in [3.05, 3.63) is 39.4 Å². The quantitative estimate of drug-likeness (QED) is 0.745. The van der Waals surface area contributed by atoms with Crippen LogP contribution in [0.5, 0.6) is 0 Å². The predicted molar refractivity (Wildman–Crippen MR) is 95.2 cm³/mol. The number of pyridine rings is 1. The van der Waals surface area contributed by atoms with Crippen LogP contribution >= 0.6 is 11.8 Å². The van der Waals surface area contributed by atoms with E-state index in [0.717, 1.165) is 29.1 Å². The number of thioether (sulfide) groups is 1. The second-order valence-corrected chi connectivity index (χ2v) is 8.03. The fraction of sp³-hybridized carbons (Fsp3) is 0.444. The highest BCUT2D eigenvalue weighted by Crippen LogP contribution is 2.29. The van der Waals surface area contributed by atoms with E-state index in [1.165, 1.54) is 0 Å². The maximum atomic E-state index is 12.6. The molecule has 0 saturated heterocycles. The van der Waals surface area contributed by atoms with Gasteiger partial charge >= 0.3 is 0 Å². The first-order chi connectivity index (χ1) is 11.3. The molecule has 6 heteroatoms. The molecule has 1 aliphatic heterocycles. The van der Waals surface area contributed by atoms with Crippen molar-refractivity contribution in [1.29, 1.82) is 5.26 Å². The predicted octanol–water partition coefficient (Wildman–Crippen LogP) is 3.28. The Morgan fingerprint density at radius 1 is 1.29 bits per heavy atom. The van der Waals surface area contributed by atoms with Crippen molar-refractivity contribution in [2.24, 2.45) is 0 Å².